The van der Waals surface area contributed by atoms with Gasteiger partial charge in [-0.15, -0.1) is 0 Å². The zero-order valence-corrected chi connectivity index (χ0v) is 17.2. The number of ether oxygens (including phenoxy) is 1. The van der Waals surface area contributed by atoms with E-state index in [0.29, 0.717) is 35.4 Å². The molecule has 0 bridgehead atoms. The fourth-order valence-electron chi connectivity index (χ4n) is 3.84. The molecule has 148 valence electrons. The number of nitrogens with zero attached hydrogens (tertiary/aromatic N) is 2. The first-order valence-corrected chi connectivity index (χ1v) is 10.1. The van der Waals surface area contributed by atoms with E-state index in [9.17, 15) is 5.11 Å². The topological polar surface area (TPSA) is 56.5 Å². The minimum absolute atomic E-state index is 0.0110. The van der Waals surface area contributed by atoms with Crippen LogP contribution in [0.2, 0.25) is 5.02 Å². The number of hydrogen-bond acceptors (Lipinski definition) is 4. The quantitative estimate of drug-likeness (QED) is 0.763. The van der Waals surface area contributed by atoms with Crippen LogP contribution in [0.5, 0.6) is 5.75 Å². The van der Waals surface area contributed by atoms with Gasteiger partial charge in [-0.3, -0.25) is 4.90 Å². The van der Waals surface area contributed by atoms with Crippen molar-refractivity contribution in [1.29, 1.82) is 5.26 Å². The van der Waals surface area contributed by atoms with Crippen LogP contribution < -0.4 is 4.74 Å². The summed E-state index contributed by atoms with van der Waals surface area (Å²) in [5, 5.41) is 19.7. The zero-order chi connectivity index (χ0) is 20.1. The number of aliphatic hydroxyl groups excluding tert-OH is 1. The first-order valence-electron chi connectivity index (χ1n) is 9.72. The van der Waals surface area contributed by atoms with E-state index in [1.165, 1.54) is 5.56 Å². The van der Waals surface area contributed by atoms with Gasteiger partial charge < -0.3 is 9.84 Å². The second-order valence-electron chi connectivity index (χ2n) is 7.82. The van der Waals surface area contributed by atoms with E-state index in [-0.39, 0.29) is 12.6 Å². The molecule has 1 N–H and O–H groups in total. The molecule has 1 saturated heterocycles. The predicted octanol–water partition coefficient (Wildman–Crippen LogP) is 4.07. The van der Waals surface area contributed by atoms with Gasteiger partial charge in [0.25, 0.3) is 0 Å². The highest BCUT2D eigenvalue weighted by molar-refractivity contribution is 6.30. The first kappa shape index (κ1) is 20.7. The van der Waals surface area contributed by atoms with Crippen molar-refractivity contribution in [3.8, 4) is 11.8 Å². The summed E-state index contributed by atoms with van der Waals surface area (Å²) in [6.45, 7) is 6.88. The fourth-order valence-corrected chi connectivity index (χ4v) is 4.10. The molecule has 0 radical (unpaired) electrons. The summed E-state index contributed by atoms with van der Waals surface area (Å²) >= 11 is 6.13. The fraction of sp³-hybridized carbons (Fsp3) is 0.435. The Labute approximate surface area is 172 Å². The third-order valence-electron chi connectivity index (χ3n) is 5.57. The van der Waals surface area contributed by atoms with Crippen LogP contribution in [0.15, 0.2) is 42.5 Å². The van der Waals surface area contributed by atoms with Crippen LogP contribution in [0.1, 0.15) is 23.6 Å². The Hall–Kier alpha value is -2.06. The molecule has 0 saturated carbocycles. The van der Waals surface area contributed by atoms with E-state index >= 15 is 0 Å². The summed E-state index contributed by atoms with van der Waals surface area (Å²) in [4.78, 5) is 2.33. The van der Waals surface area contributed by atoms with E-state index in [1.807, 2.05) is 24.3 Å². The van der Waals surface area contributed by atoms with Crippen LogP contribution >= 0.6 is 11.6 Å². The van der Waals surface area contributed by atoms with Crippen LogP contribution in [-0.2, 0) is 6.42 Å². The number of nitriles is 1. The molecule has 1 aliphatic rings. The molecule has 28 heavy (non-hydrogen) atoms. The lowest BCUT2D eigenvalue weighted by molar-refractivity contribution is 0.136. The molecule has 1 aliphatic heterocycles. The highest BCUT2D eigenvalue weighted by atomic mass is 35.5. The van der Waals surface area contributed by atoms with Crippen molar-refractivity contribution < 1.29 is 9.84 Å². The van der Waals surface area contributed by atoms with E-state index < -0.39 is 0 Å². The molecule has 0 aromatic heterocycles. The normalized spacial score (nSPS) is 20.7. The molecule has 0 amide bonds. The summed E-state index contributed by atoms with van der Waals surface area (Å²) in [5.74, 6) is 1.82. The standard InChI is InChI=1S/C23H27ClN2O2/c1-16-3-5-23(6-4-16)28-15-20-13-26(12-17(20)2)22(14-27)10-18-7-19(11-25)9-21(24)8-18/h3-9,17,20,22,27H,10,12-15H2,1-2H3/t17-,20+,22?/m1/s1. The van der Waals surface area contributed by atoms with Gasteiger partial charge >= 0.3 is 0 Å². The lowest BCUT2D eigenvalue weighted by atomic mass is 9.99. The maximum atomic E-state index is 9.98. The van der Waals surface area contributed by atoms with Crippen molar-refractivity contribution in [3.05, 3.63) is 64.2 Å². The monoisotopic (exact) mass is 398 g/mol. The van der Waals surface area contributed by atoms with Gasteiger partial charge in [-0.25, -0.2) is 0 Å². The molecule has 3 atom stereocenters. The van der Waals surface area contributed by atoms with Gasteiger partial charge in [0.15, 0.2) is 0 Å². The van der Waals surface area contributed by atoms with E-state index in [1.54, 1.807) is 6.07 Å². The first-order chi connectivity index (χ1) is 13.5. The second-order valence-corrected chi connectivity index (χ2v) is 8.25. The third kappa shape index (κ3) is 5.26. The van der Waals surface area contributed by atoms with Crippen molar-refractivity contribution >= 4 is 11.6 Å². The molecule has 2 aromatic carbocycles. The van der Waals surface area contributed by atoms with Crippen LogP contribution in [0.25, 0.3) is 0 Å². The number of likely N-dealkylation sites (tertiary alicyclic amines) is 1. The molecule has 0 spiro atoms. The number of rotatable bonds is 7. The highest BCUT2D eigenvalue weighted by Crippen LogP contribution is 2.27. The Bertz CT molecular complexity index is 831. The lowest BCUT2D eigenvalue weighted by Crippen LogP contribution is -2.38. The Morgan fingerprint density at radius 3 is 2.68 bits per heavy atom. The Morgan fingerprint density at radius 1 is 1.25 bits per heavy atom. The molecule has 3 rings (SSSR count). The minimum Gasteiger partial charge on any atom is -0.493 e. The number of benzene rings is 2. The maximum absolute atomic E-state index is 9.98. The molecule has 1 heterocycles. The molecule has 4 nitrogen and oxygen atoms in total. The van der Waals surface area contributed by atoms with Gasteiger partial charge in [-0.1, -0.05) is 36.2 Å². The molecule has 0 aliphatic carbocycles. The Balaban J connectivity index is 1.60. The van der Waals surface area contributed by atoms with Crippen molar-refractivity contribution in [2.45, 2.75) is 26.3 Å². The van der Waals surface area contributed by atoms with Gasteiger partial charge in [0.1, 0.15) is 5.75 Å². The third-order valence-corrected chi connectivity index (χ3v) is 5.78. The van der Waals surface area contributed by atoms with Gasteiger partial charge in [0.2, 0.25) is 0 Å². The average molecular weight is 399 g/mol. The number of aryl methyl sites for hydroxylation is 1. The van der Waals surface area contributed by atoms with Gasteiger partial charge in [0.05, 0.1) is 24.8 Å². The summed E-state index contributed by atoms with van der Waals surface area (Å²) in [7, 11) is 0. The van der Waals surface area contributed by atoms with Gasteiger partial charge in [0, 0.05) is 30.1 Å². The number of hydrogen-bond donors (Lipinski definition) is 1. The summed E-state index contributed by atoms with van der Waals surface area (Å²) in [6, 6.07) is 15.7. The van der Waals surface area contributed by atoms with Crippen molar-refractivity contribution in [2.24, 2.45) is 11.8 Å². The smallest absolute Gasteiger partial charge is 0.119 e. The number of aliphatic hydroxyl groups is 1. The predicted molar refractivity (Wildman–Crippen MR) is 112 cm³/mol. The Kier molecular flexibility index (Phi) is 6.96. The largest absolute Gasteiger partial charge is 0.493 e. The van der Waals surface area contributed by atoms with Crippen molar-refractivity contribution in [1.82, 2.24) is 4.90 Å². The summed E-state index contributed by atoms with van der Waals surface area (Å²) in [5.41, 5.74) is 2.76. The molecule has 2 aromatic rings. The maximum Gasteiger partial charge on any atom is 0.119 e. The average Bonchev–Trinajstić information content (AvgIpc) is 3.05. The summed E-state index contributed by atoms with van der Waals surface area (Å²) < 4.78 is 6.00. The molecule has 1 fully saturated rings. The summed E-state index contributed by atoms with van der Waals surface area (Å²) in [6.07, 6.45) is 0.671. The minimum atomic E-state index is 0.0110. The van der Waals surface area contributed by atoms with Gasteiger partial charge in [-0.05, 0) is 55.2 Å². The molecular formula is C23H27ClN2O2. The molecular weight excluding hydrogens is 372 g/mol. The van der Waals surface area contributed by atoms with Crippen LogP contribution in [-0.4, -0.2) is 42.4 Å². The van der Waals surface area contributed by atoms with Crippen molar-refractivity contribution in [2.75, 3.05) is 26.3 Å². The van der Waals surface area contributed by atoms with E-state index in [4.69, 9.17) is 21.6 Å². The molecule has 5 heteroatoms. The van der Waals surface area contributed by atoms with Gasteiger partial charge in [-0.2, -0.15) is 5.26 Å². The lowest BCUT2D eigenvalue weighted by Gasteiger charge is -2.26. The van der Waals surface area contributed by atoms with Crippen LogP contribution in [0.4, 0.5) is 0 Å². The second kappa shape index (κ2) is 9.43. The van der Waals surface area contributed by atoms with E-state index in [2.05, 4.69) is 36.9 Å². The van der Waals surface area contributed by atoms with Crippen molar-refractivity contribution in [3.63, 3.8) is 0 Å². The molecule has 1 unspecified atom stereocenters. The SMILES string of the molecule is Cc1ccc(OC[C@@H]2CN(C(CO)Cc3cc(Cl)cc(C#N)c3)C[C@H]2C)cc1. The van der Waals surface area contributed by atoms with E-state index in [0.717, 1.165) is 24.4 Å². The Morgan fingerprint density at radius 2 is 2.00 bits per heavy atom. The number of halogens is 1. The highest BCUT2D eigenvalue weighted by Gasteiger charge is 2.34. The van der Waals surface area contributed by atoms with Crippen LogP contribution in [0, 0.1) is 30.1 Å². The zero-order valence-electron chi connectivity index (χ0n) is 16.4. The van der Waals surface area contributed by atoms with Crippen LogP contribution in [0.3, 0.4) is 0 Å².